The zero-order valence-corrected chi connectivity index (χ0v) is 18.8. The van der Waals surface area contributed by atoms with Crippen molar-refractivity contribution in [2.75, 3.05) is 22.4 Å². The van der Waals surface area contributed by atoms with Gasteiger partial charge in [-0.15, -0.1) is 11.8 Å². The molecule has 156 valence electrons. The molecule has 0 aromatic heterocycles. The summed E-state index contributed by atoms with van der Waals surface area (Å²) in [5.74, 6) is 0.141. The van der Waals surface area contributed by atoms with Crippen LogP contribution in [-0.4, -0.2) is 27.1 Å². The van der Waals surface area contributed by atoms with Gasteiger partial charge < -0.3 is 5.32 Å². The lowest BCUT2D eigenvalue weighted by molar-refractivity contribution is -0.113. The Kier molecular flexibility index (Phi) is 6.84. The molecule has 0 saturated carbocycles. The second-order valence-electron chi connectivity index (χ2n) is 6.88. The van der Waals surface area contributed by atoms with E-state index in [0.717, 1.165) is 21.7 Å². The first-order valence-electron chi connectivity index (χ1n) is 9.42. The molecule has 0 saturated heterocycles. The van der Waals surface area contributed by atoms with E-state index in [1.54, 1.807) is 48.5 Å². The number of rotatable bonds is 7. The fraction of sp³-hybridized carbons (Fsp3) is 0.174. The number of hydrogen-bond donors (Lipinski definition) is 1. The van der Waals surface area contributed by atoms with Gasteiger partial charge in [0.05, 0.1) is 16.3 Å². The van der Waals surface area contributed by atoms with Crippen LogP contribution in [0.5, 0.6) is 0 Å². The minimum Gasteiger partial charge on any atom is -0.325 e. The Morgan fingerprint density at radius 2 is 1.50 bits per heavy atom. The Labute approximate surface area is 182 Å². The van der Waals surface area contributed by atoms with Crippen LogP contribution >= 0.6 is 11.8 Å². The summed E-state index contributed by atoms with van der Waals surface area (Å²) in [4.78, 5) is 13.4. The molecule has 3 aromatic carbocycles. The molecule has 0 aliphatic carbocycles. The molecule has 0 atom stereocenters. The lowest BCUT2D eigenvalue weighted by atomic mass is 10.1. The zero-order valence-electron chi connectivity index (χ0n) is 17.1. The second-order valence-corrected chi connectivity index (χ2v) is 9.90. The summed E-state index contributed by atoms with van der Waals surface area (Å²) in [6.07, 6.45) is 0. The highest BCUT2D eigenvalue weighted by Gasteiger charge is 2.21. The smallest absolute Gasteiger partial charge is 0.264 e. The fourth-order valence-electron chi connectivity index (χ4n) is 2.98. The van der Waals surface area contributed by atoms with Crippen LogP contribution in [0.1, 0.15) is 11.1 Å². The van der Waals surface area contributed by atoms with Gasteiger partial charge in [0.25, 0.3) is 10.0 Å². The molecule has 7 heteroatoms. The van der Waals surface area contributed by atoms with Gasteiger partial charge in [-0.3, -0.25) is 9.10 Å². The number of nitrogens with zero attached hydrogens (tertiary/aromatic N) is 1. The number of anilines is 2. The van der Waals surface area contributed by atoms with Crippen LogP contribution in [-0.2, 0) is 14.8 Å². The molecule has 1 amide bonds. The van der Waals surface area contributed by atoms with E-state index in [-0.39, 0.29) is 16.6 Å². The molecule has 1 N–H and O–H groups in total. The summed E-state index contributed by atoms with van der Waals surface area (Å²) < 4.78 is 26.9. The minimum atomic E-state index is -3.65. The summed E-state index contributed by atoms with van der Waals surface area (Å²) in [7, 11) is -2.11. The van der Waals surface area contributed by atoms with Crippen LogP contribution in [0.25, 0.3) is 0 Å². The molecule has 0 heterocycles. The predicted octanol–water partition coefficient (Wildman–Crippen LogP) is 4.86. The topological polar surface area (TPSA) is 66.5 Å². The van der Waals surface area contributed by atoms with Crippen molar-refractivity contribution >= 4 is 39.1 Å². The molecular formula is C23H24N2O3S2. The Balaban J connectivity index is 1.64. The Morgan fingerprint density at radius 3 is 2.10 bits per heavy atom. The average molecular weight is 441 g/mol. The van der Waals surface area contributed by atoms with Gasteiger partial charge >= 0.3 is 0 Å². The molecule has 0 radical (unpaired) electrons. The molecule has 0 spiro atoms. The van der Waals surface area contributed by atoms with E-state index in [1.807, 2.05) is 38.1 Å². The van der Waals surface area contributed by atoms with E-state index in [2.05, 4.69) is 5.32 Å². The van der Waals surface area contributed by atoms with Crippen LogP contribution in [0.4, 0.5) is 11.4 Å². The van der Waals surface area contributed by atoms with Gasteiger partial charge in [-0.1, -0.05) is 36.4 Å². The van der Waals surface area contributed by atoms with Crippen molar-refractivity contribution in [2.24, 2.45) is 0 Å². The Hall–Kier alpha value is -2.77. The molecule has 0 fully saturated rings. The molecule has 0 aliphatic heterocycles. The number of sulfonamides is 1. The Morgan fingerprint density at radius 1 is 0.900 bits per heavy atom. The third-order valence-corrected chi connectivity index (χ3v) is 7.53. The number of hydrogen-bond acceptors (Lipinski definition) is 4. The summed E-state index contributed by atoms with van der Waals surface area (Å²) >= 11 is 1.36. The van der Waals surface area contributed by atoms with Crippen molar-refractivity contribution in [3.63, 3.8) is 0 Å². The average Bonchev–Trinajstić information content (AvgIpc) is 2.75. The lowest BCUT2D eigenvalue weighted by Crippen LogP contribution is -2.26. The van der Waals surface area contributed by atoms with Crippen LogP contribution in [0, 0.1) is 13.8 Å². The highest BCUT2D eigenvalue weighted by atomic mass is 32.2. The molecule has 3 rings (SSSR count). The lowest BCUT2D eigenvalue weighted by Gasteiger charge is -2.19. The highest BCUT2D eigenvalue weighted by molar-refractivity contribution is 8.00. The highest BCUT2D eigenvalue weighted by Crippen LogP contribution is 2.25. The maximum absolute atomic E-state index is 12.8. The zero-order chi connectivity index (χ0) is 21.7. The van der Waals surface area contributed by atoms with Gasteiger partial charge in [-0.05, 0) is 61.4 Å². The minimum absolute atomic E-state index is 0.0992. The number of para-hydroxylation sites is 2. The summed E-state index contributed by atoms with van der Waals surface area (Å²) in [5, 5.41) is 2.96. The SMILES string of the molecule is Cc1cccc(C)c1NC(=O)CSc1ccc(S(=O)(=O)N(C)c2ccccc2)cc1. The number of aryl methyl sites for hydroxylation is 2. The van der Waals surface area contributed by atoms with E-state index < -0.39 is 10.0 Å². The van der Waals surface area contributed by atoms with Crippen molar-refractivity contribution in [1.82, 2.24) is 0 Å². The monoisotopic (exact) mass is 440 g/mol. The predicted molar refractivity (Wildman–Crippen MR) is 124 cm³/mol. The normalized spacial score (nSPS) is 11.2. The van der Waals surface area contributed by atoms with E-state index in [9.17, 15) is 13.2 Å². The van der Waals surface area contributed by atoms with Crippen molar-refractivity contribution in [2.45, 2.75) is 23.6 Å². The number of nitrogens with one attached hydrogen (secondary N) is 1. The van der Waals surface area contributed by atoms with Gasteiger partial charge in [-0.2, -0.15) is 0 Å². The third kappa shape index (κ3) is 5.04. The standard InChI is InChI=1S/C23H24N2O3S2/c1-17-8-7-9-18(2)23(17)24-22(26)16-29-20-12-14-21(15-13-20)30(27,28)25(3)19-10-5-4-6-11-19/h4-15H,16H2,1-3H3,(H,24,26). The molecule has 30 heavy (non-hydrogen) atoms. The van der Waals surface area contributed by atoms with Crippen molar-refractivity contribution < 1.29 is 13.2 Å². The van der Waals surface area contributed by atoms with Crippen LogP contribution in [0.2, 0.25) is 0 Å². The maximum atomic E-state index is 12.8. The molecular weight excluding hydrogens is 416 g/mol. The van der Waals surface area contributed by atoms with Crippen molar-refractivity contribution in [3.8, 4) is 0 Å². The van der Waals surface area contributed by atoms with E-state index in [0.29, 0.717) is 5.69 Å². The Bertz CT molecular complexity index is 1110. The van der Waals surface area contributed by atoms with Gasteiger partial charge in [0.1, 0.15) is 0 Å². The first kappa shape index (κ1) is 21.9. The summed E-state index contributed by atoms with van der Waals surface area (Å²) in [6.45, 7) is 3.92. The maximum Gasteiger partial charge on any atom is 0.264 e. The number of amides is 1. The van der Waals surface area contributed by atoms with Gasteiger partial charge in [0.2, 0.25) is 5.91 Å². The van der Waals surface area contributed by atoms with Crippen LogP contribution in [0.3, 0.4) is 0 Å². The van der Waals surface area contributed by atoms with Gasteiger partial charge in [0.15, 0.2) is 0 Å². The third-order valence-electron chi connectivity index (χ3n) is 4.72. The summed E-state index contributed by atoms with van der Waals surface area (Å²) in [5.41, 5.74) is 3.48. The number of carbonyl (C=O) groups is 1. The van der Waals surface area contributed by atoms with Crippen LogP contribution < -0.4 is 9.62 Å². The van der Waals surface area contributed by atoms with E-state index in [4.69, 9.17) is 0 Å². The summed E-state index contributed by atoms with van der Waals surface area (Å²) in [6, 6.07) is 21.4. The number of carbonyl (C=O) groups excluding carboxylic acids is 1. The fourth-order valence-corrected chi connectivity index (χ4v) is 4.87. The van der Waals surface area contributed by atoms with Crippen LogP contribution in [0.15, 0.2) is 82.6 Å². The molecule has 0 unspecified atom stereocenters. The molecule has 0 aliphatic rings. The molecule has 3 aromatic rings. The first-order valence-corrected chi connectivity index (χ1v) is 11.8. The van der Waals surface area contributed by atoms with Gasteiger partial charge in [-0.25, -0.2) is 8.42 Å². The number of thioether (sulfide) groups is 1. The van der Waals surface area contributed by atoms with Gasteiger partial charge in [0, 0.05) is 17.6 Å². The second kappa shape index (κ2) is 9.36. The van der Waals surface area contributed by atoms with Crippen molar-refractivity contribution in [3.05, 3.63) is 83.9 Å². The quantitative estimate of drug-likeness (QED) is 0.533. The van der Waals surface area contributed by atoms with E-state index in [1.165, 1.54) is 23.1 Å². The first-order chi connectivity index (χ1) is 14.3. The largest absolute Gasteiger partial charge is 0.325 e. The van der Waals surface area contributed by atoms with Crippen molar-refractivity contribution in [1.29, 1.82) is 0 Å². The molecule has 5 nitrogen and oxygen atoms in total. The number of benzene rings is 3. The molecule has 0 bridgehead atoms. The van der Waals surface area contributed by atoms with E-state index >= 15 is 0 Å².